The van der Waals surface area contributed by atoms with Gasteiger partial charge in [0.1, 0.15) is 0 Å². The van der Waals surface area contributed by atoms with E-state index in [1.807, 2.05) is 24.3 Å². The average molecular weight is 211 g/mol. The van der Waals surface area contributed by atoms with E-state index in [1.165, 1.54) is 0 Å². The molecular weight excluding hydrogens is 200 g/mol. The summed E-state index contributed by atoms with van der Waals surface area (Å²) in [6, 6.07) is 7.59. The number of rotatable bonds is 1. The first-order chi connectivity index (χ1) is 6.66. The minimum atomic E-state index is -0.0324. The molecule has 14 heavy (non-hydrogen) atoms. The number of hydrogen-bond donors (Lipinski definition) is 1. The van der Waals surface area contributed by atoms with E-state index in [-0.39, 0.29) is 12.1 Å². The highest BCUT2D eigenvalue weighted by Crippen LogP contribution is 2.21. The molecule has 1 fully saturated rings. The molecule has 1 aromatic carbocycles. The van der Waals surface area contributed by atoms with Crippen LogP contribution in [0.1, 0.15) is 11.6 Å². The number of likely N-dealkylation sites (N-methyl/N-ethyl adjacent to an activating group) is 1. The predicted octanol–water partition coefficient (Wildman–Crippen LogP) is 2.04. The number of hydrogen-bond acceptors (Lipinski definition) is 1. The number of nitrogens with one attached hydrogen (secondary N) is 1. The molecule has 1 heterocycles. The molecule has 1 atom stereocenters. The summed E-state index contributed by atoms with van der Waals surface area (Å²) < 4.78 is 0. The van der Waals surface area contributed by atoms with E-state index < -0.39 is 0 Å². The molecule has 1 unspecified atom stereocenters. The molecule has 0 aromatic heterocycles. The van der Waals surface area contributed by atoms with E-state index >= 15 is 0 Å². The molecule has 0 spiro atoms. The van der Waals surface area contributed by atoms with Crippen molar-refractivity contribution >= 4 is 17.6 Å². The van der Waals surface area contributed by atoms with Crippen molar-refractivity contribution in [3.63, 3.8) is 0 Å². The largest absolute Gasteiger partial charge is 0.329 e. The van der Waals surface area contributed by atoms with Crippen molar-refractivity contribution in [1.82, 2.24) is 10.2 Å². The lowest BCUT2D eigenvalue weighted by Crippen LogP contribution is -2.23. The van der Waals surface area contributed by atoms with E-state index in [0.717, 1.165) is 5.56 Å². The van der Waals surface area contributed by atoms with Gasteiger partial charge < -0.3 is 10.2 Å². The van der Waals surface area contributed by atoms with Crippen LogP contribution in [0.15, 0.2) is 24.3 Å². The summed E-state index contributed by atoms with van der Waals surface area (Å²) in [4.78, 5) is 12.9. The molecule has 1 aromatic rings. The molecule has 2 rings (SSSR count). The molecule has 3 nitrogen and oxygen atoms in total. The van der Waals surface area contributed by atoms with Crippen LogP contribution in [0.25, 0.3) is 0 Å². The van der Waals surface area contributed by atoms with Crippen LogP contribution in [0.2, 0.25) is 5.02 Å². The molecule has 0 aliphatic carbocycles. The van der Waals surface area contributed by atoms with Gasteiger partial charge in [-0.05, 0) is 17.7 Å². The van der Waals surface area contributed by atoms with Crippen LogP contribution in [0.4, 0.5) is 4.79 Å². The lowest BCUT2D eigenvalue weighted by atomic mass is 10.1. The second kappa shape index (κ2) is 3.50. The summed E-state index contributed by atoms with van der Waals surface area (Å²) in [5, 5.41) is 3.58. The zero-order chi connectivity index (χ0) is 10.1. The van der Waals surface area contributed by atoms with Gasteiger partial charge >= 0.3 is 6.03 Å². The minimum absolute atomic E-state index is 0.0324. The predicted molar refractivity (Wildman–Crippen MR) is 55.4 cm³/mol. The normalized spacial score (nSPS) is 21.1. The second-order valence-corrected chi connectivity index (χ2v) is 3.87. The maximum atomic E-state index is 11.2. The zero-order valence-corrected chi connectivity index (χ0v) is 8.58. The van der Waals surface area contributed by atoms with E-state index in [4.69, 9.17) is 11.6 Å². The average Bonchev–Trinajstić information content (AvgIpc) is 2.47. The van der Waals surface area contributed by atoms with Crippen LogP contribution in [-0.2, 0) is 0 Å². The standard InChI is InChI=1S/C10H11ClN2O/c1-13-6-9(12-10(13)14)7-3-2-4-8(11)5-7/h2-5,9H,6H2,1H3,(H,12,14). The number of carbonyl (C=O) groups is 1. The third-order valence-corrected chi connectivity index (χ3v) is 2.59. The summed E-state index contributed by atoms with van der Waals surface area (Å²) in [7, 11) is 1.78. The molecule has 0 bridgehead atoms. The molecule has 0 radical (unpaired) electrons. The Kier molecular flexibility index (Phi) is 2.33. The van der Waals surface area contributed by atoms with Crippen molar-refractivity contribution in [2.24, 2.45) is 0 Å². The highest BCUT2D eigenvalue weighted by Gasteiger charge is 2.26. The van der Waals surface area contributed by atoms with Gasteiger partial charge in [0, 0.05) is 18.6 Å². The van der Waals surface area contributed by atoms with Crippen LogP contribution < -0.4 is 5.32 Å². The first kappa shape index (κ1) is 9.34. The topological polar surface area (TPSA) is 32.3 Å². The number of carbonyl (C=O) groups excluding carboxylic acids is 1. The SMILES string of the molecule is CN1CC(c2cccc(Cl)c2)NC1=O. The van der Waals surface area contributed by atoms with Gasteiger partial charge in [0.2, 0.25) is 0 Å². The van der Waals surface area contributed by atoms with Crippen molar-refractivity contribution < 1.29 is 4.79 Å². The van der Waals surface area contributed by atoms with E-state index in [1.54, 1.807) is 11.9 Å². The van der Waals surface area contributed by atoms with Crippen LogP contribution in [0, 0.1) is 0 Å². The van der Waals surface area contributed by atoms with Crippen LogP contribution in [-0.4, -0.2) is 24.5 Å². The van der Waals surface area contributed by atoms with Gasteiger partial charge in [-0.3, -0.25) is 0 Å². The monoisotopic (exact) mass is 210 g/mol. The smallest absolute Gasteiger partial charge is 0.317 e. The van der Waals surface area contributed by atoms with Crippen LogP contribution >= 0.6 is 11.6 Å². The highest BCUT2D eigenvalue weighted by molar-refractivity contribution is 6.30. The van der Waals surface area contributed by atoms with Gasteiger partial charge in [-0.1, -0.05) is 23.7 Å². The molecule has 1 saturated heterocycles. The molecule has 4 heteroatoms. The summed E-state index contributed by atoms with van der Waals surface area (Å²) >= 11 is 5.87. The number of urea groups is 1. The van der Waals surface area contributed by atoms with Gasteiger partial charge in [-0.15, -0.1) is 0 Å². The van der Waals surface area contributed by atoms with Crippen molar-refractivity contribution in [2.75, 3.05) is 13.6 Å². The first-order valence-corrected chi connectivity index (χ1v) is 4.82. The Morgan fingerprint density at radius 1 is 1.57 bits per heavy atom. The summed E-state index contributed by atoms with van der Waals surface area (Å²) in [5.41, 5.74) is 1.05. The Morgan fingerprint density at radius 3 is 2.93 bits per heavy atom. The molecule has 1 aliphatic rings. The fourth-order valence-corrected chi connectivity index (χ4v) is 1.77. The first-order valence-electron chi connectivity index (χ1n) is 4.44. The lowest BCUT2D eigenvalue weighted by molar-refractivity contribution is 0.226. The maximum absolute atomic E-state index is 11.2. The van der Waals surface area contributed by atoms with Crippen LogP contribution in [0.5, 0.6) is 0 Å². The molecule has 74 valence electrons. The van der Waals surface area contributed by atoms with E-state index in [9.17, 15) is 4.79 Å². The molecular formula is C10H11ClN2O. The number of amides is 2. The fourth-order valence-electron chi connectivity index (χ4n) is 1.57. The molecule has 1 N–H and O–H groups in total. The molecule has 0 saturated carbocycles. The summed E-state index contributed by atoms with van der Waals surface area (Å²) in [5.74, 6) is 0. The van der Waals surface area contributed by atoms with Gasteiger partial charge in [-0.2, -0.15) is 0 Å². The second-order valence-electron chi connectivity index (χ2n) is 3.44. The van der Waals surface area contributed by atoms with Crippen molar-refractivity contribution in [3.8, 4) is 0 Å². The third-order valence-electron chi connectivity index (χ3n) is 2.35. The summed E-state index contributed by atoms with van der Waals surface area (Å²) in [6.45, 7) is 0.694. The number of benzene rings is 1. The molecule has 1 aliphatic heterocycles. The Hall–Kier alpha value is -1.22. The number of nitrogens with zero attached hydrogens (tertiary/aromatic N) is 1. The van der Waals surface area contributed by atoms with Gasteiger partial charge in [-0.25, -0.2) is 4.79 Å². The van der Waals surface area contributed by atoms with Crippen molar-refractivity contribution in [1.29, 1.82) is 0 Å². The Labute approximate surface area is 87.7 Å². The fraction of sp³-hybridized carbons (Fsp3) is 0.300. The molecule has 2 amide bonds. The zero-order valence-electron chi connectivity index (χ0n) is 7.83. The lowest BCUT2D eigenvalue weighted by Gasteiger charge is -2.09. The Morgan fingerprint density at radius 2 is 2.36 bits per heavy atom. The maximum Gasteiger partial charge on any atom is 0.317 e. The summed E-state index contributed by atoms with van der Waals surface area (Å²) in [6.07, 6.45) is 0. The Balaban J connectivity index is 2.21. The highest BCUT2D eigenvalue weighted by atomic mass is 35.5. The van der Waals surface area contributed by atoms with Gasteiger partial charge in [0.05, 0.1) is 6.04 Å². The van der Waals surface area contributed by atoms with Gasteiger partial charge in [0.25, 0.3) is 0 Å². The van der Waals surface area contributed by atoms with Gasteiger partial charge in [0.15, 0.2) is 0 Å². The minimum Gasteiger partial charge on any atom is -0.329 e. The van der Waals surface area contributed by atoms with E-state index in [0.29, 0.717) is 11.6 Å². The van der Waals surface area contributed by atoms with Crippen molar-refractivity contribution in [2.45, 2.75) is 6.04 Å². The van der Waals surface area contributed by atoms with E-state index in [2.05, 4.69) is 5.32 Å². The Bertz CT molecular complexity index is 367. The number of halogens is 1. The van der Waals surface area contributed by atoms with Crippen molar-refractivity contribution in [3.05, 3.63) is 34.9 Å². The third kappa shape index (κ3) is 1.68. The van der Waals surface area contributed by atoms with Crippen LogP contribution in [0.3, 0.4) is 0 Å². The quantitative estimate of drug-likeness (QED) is 0.756.